The minimum Gasteiger partial charge on any atom is -0.358 e. The lowest BCUT2D eigenvalue weighted by molar-refractivity contribution is 0.104. The van der Waals surface area contributed by atoms with Gasteiger partial charge in [0.15, 0.2) is 5.78 Å². The maximum atomic E-state index is 13.2. The first-order chi connectivity index (χ1) is 11.2. The van der Waals surface area contributed by atoms with Crippen LogP contribution in [0.25, 0.3) is 21.7 Å². The zero-order valence-corrected chi connectivity index (χ0v) is 13.2. The summed E-state index contributed by atoms with van der Waals surface area (Å²) in [6, 6.07) is 20.0. The molecule has 0 saturated heterocycles. The van der Waals surface area contributed by atoms with Crippen molar-refractivity contribution in [1.29, 1.82) is 0 Å². The highest BCUT2D eigenvalue weighted by Gasteiger charge is 2.19. The van der Waals surface area contributed by atoms with Gasteiger partial charge in [-0.05, 0) is 36.2 Å². The van der Waals surface area contributed by atoms with E-state index >= 15 is 0 Å². The molecule has 0 bridgehead atoms. The van der Waals surface area contributed by atoms with Crippen molar-refractivity contribution < 1.29 is 4.79 Å². The molecule has 0 saturated carbocycles. The van der Waals surface area contributed by atoms with Crippen molar-refractivity contribution in [2.45, 2.75) is 13.8 Å². The Morgan fingerprint density at radius 3 is 2.22 bits per heavy atom. The van der Waals surface area contributed by atoms with E-state index in [9.17, 15) is 4.79 Å². The molecular formula is C21H17NO. The van der Waals surface area contributed by atoms with Crippen molar-refractivity contribution in [3.05, 3.63) is 83.0 Å². The van der Waals surface area contributed by atoms with Crippen LogP contribution in [0.15, 0.2) is 60.7 Å². The van der Waals surface area contributed by atoms with Crippen LogP contribution in [0.2, 0.25) is 0 Å². The molecule has 3 aromatic carbocycles. The topological polar surface area (TPSA) is 32.9 Å². The van der Waals surface area contributed by atoms with Gasteiger partial charge in [-0.1, -0.05) is 54.6 Å². The molecule has 0 amide bonds. The van der Waals surface area contributed by atoms with Crippen molar-refractivity contribution in [2.75, 3.05) is 0 Å². The predicted molar refractivity (Wildman–Crippen MR) is 95.2 cm³/mol. The summed E-state index contributed by atoms with van der Waals surface area (Å²) < 4.78 is 0. The lowest BCUT2D eigenvalue weighted by Crippen LogP contribution is -2.04. The number of H-pyrrole nitrogens is 1. The summed E-state index contributed by atoms with van der Waals surface area (Å²) in [4.78, 5) is 16.6. The highest BCUT2D eigenvalue weighted by Crippen LogP contribution is 2.29. The van der Waals surface area contributed by atoms with Crippen molar-refractivity contribution in [1.82, 2.24) is 4.98 Å². The molecule has 4 aromatic rings. The van der Waals surface area contributed by atoms with Gasteiger partial charge in [0.05, 0.1) is 5.56 Å². The second kappa shape index (κ2) is 5.10. The average molecular weight is 299 g/mol. The van der Waals surface area contributed by atoms with Gasteiger partial charge in [-0.2, -0.15) is 0 Å². The van der Waals surface area contributed by atoms with Gasteiger partial charge in [0.2, 0.25) is 0 Å². The smallest absolute Gasteiger partial charge is 0.196 e. The number of carbonyl (C=O) groups is 1. The molecule has 4 rings (SSSR count). The van der Waals surface area contributed by atoms with E-state index in [2.05, 4.69) is 18.0 Å². The fourth-order valence-electron chi connectivity index (χ4n) is 3.35. The molecule has 2 nitrogen and oxygen atoms in total. The summed E-state index contributed by atoms with van der Waals surface area (Å²) in [6.07, 6.45) is 0. The minimum absolute atomic E-state index is 0.0798. The lowest BCUT2D eigenvalue weighted by atomic mass is 9.94. The number of aromatic amines is 1. The normalized spacial score (nSPS) is 11.2. The van der Waals surface area contributed by atoms with Crippen LogP contribution in [-0.2, 0) is 0 Å². The van der Waals surface area contributed by atoms with Gasteiger partial charge in [0.1, 0.15) is 0 Å². The quantitative estimate of drug-likeness (QED) is 0.509. The fourth-order valence-corrected chi connectivity index (χ4v) is 3.35. The van der Waals surface area contributed by atoms with E-state index in [1.165, 1.54) is 5.56 Å². The summed E-state index contributed by atoms with van der Waals surface area (Å²) in [5.74, 6) is 0.0798. The first kappa shape index (κ1) is 13.8. The fraction of sp³-hybridized carbons (Fsp3) is 0.0952. The van der Waals surface area contributed by atoms with Gasteiger partial charge in [-0.3, -0.25) is 4.79 Å². The van der Waals surface area contributed by atoms with E-state index < -0.39 is 0 Å². The monoisotopic (exact) mass is 299 g/mol. The molecule has 0 spiro atoms. The number of hydrogen-bond donors (Lipinski definition) is 1. The molecule has 0 fully saturated rings. The van der Waals surface area contributed by atoms with Crippen LogP contribution in [0.3, 0.4) is 0 Å². The van der Waals surface area contributed by atoms with Gasteiger partial charge >= 0.3 is 0 Å². The molecule has 0 aliphatic rings. The number of ketones is 1. The summed E-state index contributed by atoms with van der Waals surface area (Å²) in [5, 5.41) is 3.14. The minimum atomic E-state index is 0.0798. The molecule has 1 heterocycles. The van der Waals surface area contributed by atoms with Crippen LogP contribution < -0.4 is 0 Å². The Morgan fingerprint density at radius 2 is 1.43 bits per heavy atom. The van der Waals surface area contributed by atoms with Gasteiger partial charge in [-0.25, -0.2) is 0 Å². The number of aromatic nitrogens is 1. The molecule has 0 radical (unpaired) electrons. The Labute approximate surface area is 134 Å². The predicted octanol–water partition coefficient (Wildman–Crippen LogP) is 5.17. The number of carbonyl (C=O) groups excluding carboxylic acids is 1. The third-order valence-electron chi connectivity index (χ3n) is 4.51. The molecule has 0 atom stereocenters. The van der Waals surface area contributed by atoms with Crippen LogP contribution in [0.1, 0.15) is 27.2 Å². The second-order valence-electron chi connectivity index (χ2n) is 5.98. The Bertz CT molecular complexity index is 1060. The average Bonchev–Trinajstić information content (AvgIpc) is 2.90. The second-order valence-corrected chi connectivity index (χ2v) is 5.98. The highest BCUT2D eigenvalue weighted by molar-refractivity contribution is 6.22. The molecular weight excluding hydrogens is 282 g/mol. The Balaban J connectivity index is 1.99. The number of nitrogens with one attached hydrogen (secondary N) is 1. The van der Waals surface area contributed by atoms with Gasteiger partial charge < -0.3 is 4.98 Å². The third kappa shape index (κ3) is 2.07. The summed E-state index contributed by atoms with van der Waals surface area (Å²) in [5.41, 5.74) is 4.65. The van der Waals surface area contributed by atoms with Crippen molar-refractivity contribution in [2.24, 2.45) is 0 Å². The molecule has 1 N–H and O–H groups in total. The molecule has 1 aromatic heterocycles. The van der Waals surface area contributed by atoms with E-state index in [1.54, 1.807) is 0 Å². The summed E-state index contributed by atoms with van der Waals surface area (Å²) in [6.45, 7) is 4.04. The number of fused-ring (bicyclic) bond motifs is 2. The van der Waals surface area contributed by atoms with Crippen LogP contribution in [0.5, 0.6) is 0 Å². The molecule has 0 aliphatic carbocycles. The van der Waals surface area contributed by atoms with Crippen LogP contribution in [0.4, 0.5) is 0 Å². The largest absolute Gasteiger partial charge is 0.358 e. The molecule has 23 heavy (non-hydrogen) atoms. The molecule has 0 aliphatic heterocycles. The third-order valence-corrected chi connectivity index (χ3v) is 4.51. The summed E-state index contributed by atoms with van der Waals surface area (Å²) in [7, 11) is 0. The standard InChI is InChI=1S/C21H17NO/c1-13-11-12-17(16-8-4-3-7-15(13)16)21(23)20-14(2)22-19-10-6-5-9-18(19)20/h3-12,22H,1-2H3. The Hall–Kier alpha value is -2.87. The number of para-hydroxylation sites is 1. The number of rotatable bonds is 2. The SMILES string of the molecule is Cc1[nH]c2ccccc2c1C(=O)c1ccc(C)c2ccccc12. The lowest BCUT2D eigenvalue weighted by Gasteiger charge is -2.08. The van der Waals surface area contributed by atoms with Crippen molar-refractivity contribution >= 4 is 27.5 Å². The van der Waals surface area contributed by atoms with E-state index in [-0.39, 0.29) is 5.78 Å². The number of benzene rings is 3. The number of aryl methyl sites for hydroxylation is 2. The van der Waals surface area contributed by atoms with E-state index in [4.69, 9.17) is 0 Å². The van der Waals surface area contributed by atoms with Crippen molar-refractivity contribution in [3.63, 3.8) is 0 Å². The maximum absolute atomic E-state index is 13.2. The highest BCUT2D eigenvalue weighted by atomic mass is 16.1. The van der Waals surface area contributed by atoms with Crippen LogP contribution in [-0.4, -0.2) is 10.8 Å². The van der Waals surface area contributed by atoms with Gasteiger partial charge in [0, 0.05) is 22.2 Å². The Morgan fingerprint density at radius 1 is 0.783 bits per heavy atom. The zero-order valence-electron chi connectivity index (χ0n) is 13.2. The van der Waals surface area contributed by atoms with Gasteiger partial charge in [-0.15, -0.1) is 0 Å². The summed E-state index contributed by atoms with van der Waals surface area (Å²) >= 11 is 0. The molecule has 2 heteroatoms. The van der Waals surface area contributed by atoms with E-state index in [1.807, 2.05) is 61.5 Å². The first-order valence-electron chi connectivity index (χ1n) is 7.77. The van der Waals surface area contributed by atoms with Crippen LogP contribution in [0, 0.1) is 13.8 Å². The number of hydrogen-bond acceptors (Lipinski definition) is 1. The van der Waals surface area contributed by atoms with Crippen molar-refractivity contribution in [3.8, 4) is 0 Å². The molecule has 112 valence electrons. The molecule has 0 unspecified atom stereocenters. The van der Waals surface area contributed by atoms with E-state index in [0.29, 0.717) is 0 Å². The van der Waals surface area contributed by atoms with E-state index in [0.717, 1.165) is 38.5 Å². The zero-order chi connectivity index (χ0) is 16.0. The Kier molecular flexibility index (Phi) is 3.05. The van der Waals surface area contributed by atoms with Crippen LogP contribution >= 0.6 is 0 Å². The maximum Gasteiger partial charge on any atom is 0.196 e. The first-order valence-corrected chi connectivity index (χ1v) is 7.77. The van der Waals surface area contributed by atoms with Gasteiger partial charge in [0.25, 0.3) is 0 Å².